The Balaban J connectivity index is 2.59. The first-order valence-electron chi connectivity index (χ1n) is 4.05. The standard InChI is InChI=1S/C9H12BrNO2/c10-8-3-2-7(12)6-9(8)13-5-1-4-11/h2-3,6,12H,1,4-5,11H2. The number of hydrogen-bond donors (Lipinski definition) is 2. The molecule has 1 rings (SSSR count). The van der Waals surface area contributed by atoms with Crippen LogP contribution in [0.2, 0.25) is 0 Å². The first-order chi connectivity index (χ1) is 6.24. The highest BCUT2D eigenvalue weighted by Gasteiger charge is 2.01. The van der Waals surface area contributed by atoms with Crippen LogP contribution in [0, 0.1) is 0 Å². The zero-order valence-electron chi connectivity index (χ0n) is 7.16. The smallest absolute Gasteiger partial charge is 0.137 e. The summed E-state index contributed by atoms with van der Waals surface area (Å²) in [5.74, 6) is 0.847. The molecule has 0 aromatic heterocycles. The lowest BCUT2D eigenvalue weighted by atomic mass is 10.3. The molecule has 0 fully saturated rings. The third kappa shape index (κ3) is 3.24. The molecule has 0 radical (unpaired) electrons. The fraction of sp³-hybridized carbons (Fsp3) is 0.333. The molecule has 0 aliphatic heterocycles. The van der Waals surface area contributed by atoms with Gasteiger partial charge in [0.25, 0.3) is 0 Å². The molecule has 3 nitrogen and oxygen atoms in total. The summed E-state index contributed by atoms with van der Waals surface area (Å²) in [5, 5.41) is 9.17. The van der Waals surface area contributed by atoms with Gasteiger partial charge in [-0.2, -0.15) is 0 Å². The van der Waals surface area contributed by atoms with Crippen molar-refractivity contribution in [2.45, 2.75) is 6.42 Å². The lowest BCUT2D eigenvalue weighted by Crippen LogP contribution is -2.06. The number of phenols is 1. The van der Waals surface area contributed by atoms with Gasteiger partial charge in [-0.25, -0.2) is 0 Å². The molecule has 1 aromatic carbocycles. The van der Waals surface area contributed by atoms with Crippen molar-refractivity contribution in [2.24, 2.45) is 5.73 Å². The van der Waals surface area contributed by atoms with Crippen LogP contribution in [-0.4, -0.2) is 18.3 Å². The molecule has 0 atom stereocenters. The molecule has 0 saturated heterocycles. The highest BCUT2D eigenvalue weighted by atomic mass is 79.9. The second-order valence-electron chi connectivity index (χ2n) is 2.61. The van der Waals surface area contributed by atoms with Gasteiger partial charge in [0.05, 0.1) is 11.1 Å². The van der Waals surface area contributed by atoms with Gasteiger partial charge in [-0.1, -0.05) is 0 Å². The van der Waals surface area contributed by atoms with Crippen LogP contribution >= 0.6 is 15.9 Å². The highest BCUT2D eigenvalue weighted by Crippen LogP contribution is 2.28. The Hall–Kier alpha value is -0.740. The number of benzene rings is 1. The van der Waals surface area contributed by atoms with Crippen LogP contribution in [0.3, 0.4) is 0 Å². The maximum Gasteiger partial charge on any atom is 0.137 e. The van der Waals surface area contributed by atoms with Gasteiger partial charge in [-0.05, 0) is 41.0 Å². The third-order valence-corrected chi connectivity index (χ3v) is 2.18. The predicted molar refractivity (Wildman–Crippen MR) is 55.0 cm³/mol. The summed E-state index contributed by atoms with van der Waals surface area (Å²) in [6.45, 7) is 1.18. The number of nitrogens with two attached hydrogens (primary N) is 1. The first-order valence-corrected chi connectivity index (χ1v) is 4.84. The summed E-state index contributed by atoms with van der Waals surface area (Å²) in [4.78, 5) is 0. The molecule has 0 aliphatic rings. The zero-order chi connectivity index (χ0) is 9.68. The largest absolute Gasteiger partial charge is 0.508 e. The minimum Gasteiger partial charge on any atom is -0.508 e. The van der Waals surface area contributed by atoms with Crippen LogP contribution < -0.4 is 10.5 Å². The van der Waals surface area contributed by atoms with E-state index in [2.05, 4.69) is 15.9 Å². The van der Waals surface area contributed by atoms with E-state index in [1.165, 1.54) is 0 Å². The fourth-order valence-electron chi connectivity index (χ4n) is 0.868. The van der Waals surface area contributed by atoms with Crippen LogP contribution in [-0.2, 0) is 0 Å². The van der Waals surface area contributed by atoms with Crippen molar-refractivity contribution in [3.63, 3.8) is 0 Å². The summed E-state index contributed by atoms with van der Waals surface area (Å²) in [5.41, 5.74) is 5.32. The van der Waals surface area contributed by atoms with E-state index in [0.717, 1.165) is 10.9 Å². The number of ether oxygens (including phenoxy) is 1. The van der Waals surface area contributed by atoms with Gasteiger partial charge in [0, 0.05) is 6.07 Å². The van der Waals surface area contributed by atoms with Crippen molar-refractivity contribution in [1.29, 1.82) is 0 Å². The average Bonchev–Trinajstić information content (AvgIpc) is 2.11. The van der Waals surface area contributed by atoms with Crippen molar-refractivity contribution < 1.29 is 9.84 Å². The van der Waals surface area contributed by atoms with Gasteiger partial charge in [0.1, 0.15) is 11.5 Å². The Kier molecular flexibility index (Phi) is 4.05. The first kappa shape index (κ1) is 10.3. The SMILES string of the molecule is NCCCOc1cc(O)ccc1Br. The Morgan fingerprint density at radius 1 is 1.46 bits per heavy atom. The molecule has 3 N–H and O–H groups in total. The molecule has 0 unspecified atom stereocenters. The molecule has 1 aromatic rings. The number of rotatable bonds is 4. The number of halogens is 1. The summed E-state index contributed by atoms with van der Waals surface area (Å²) in [6, 6.07) is 4.91. The van der Waals surface area contributed by atoms with Crippen molar-refractivity contribution in [3.8, 4) is 11.5 Å². The number of aromatic hydroxyl groups is 1. The van der Waals surface area contributed by atoms with Crippen LogP contribution in [0.1, 0.15) is 6.42 Å². The molecule has 0 aliphatic carbocycles. The third-order valence-electron chi connectivity index (χ3n) is 1.52. The maximum atomic E-state index is 9.17. The lowest BCUT2D eigenvalue weighted by molar-refractivity contribution is 0.309. The van der Waals surface area contributed by atoms with Crippen LogP contribution in [0.15, 0.2) is 22.7 Å². The summed E-state index contributed by atoms with van der Waals surface area (Å²) < 4.78 is 6.21. The summed E-state index contributed by atoms with van der Waals surface area (Å²) >= 11 is 3.32. The second kappa shape index (κ2) is 5.09. The van der Waals surface area contributed by atoms with E-state index in [9.17, 15) is 0 Å². The molecule has 0 saturated carbocycles. The molecule has 0 amide bonds. The van der Waals surface area contributed by atoms with E-state index in [1.807, 2.05) is 0 Å². The van der Waals surface area contributed by atoms with E-state index in [0.29, 0.717) is 18.9 Å². The molecule has 0 heterocycles. The number of hydrogen-bond acceptors (Lipinski definition) is 3. The average molecular weight is 246 g/mol. The monoisotopic (exact) mass is 245 g/mol. The molecule has 4 heteroatoms. The lowest BCUT2D eigenvalue weighted by Gasteiger charge is -2.07. The van der Waals surface area contributed by atoms with E-state index in [4.69, 9.17) is 15.6 Å². The van der Waals surface area contributed by atoms with E-state index in [1.54, 1.807) is 18.2 Å². The predicted octanol–water partition coefficient (Wildman–Crippen LogP) is 1.88. The van der Waals surface area contributed by atoms with E-state index in [-0.39, 0.29) is 5.75 Å². The van der Waals surface area contributed by atoms with Crippen molar-refractivity contribution >= 4 is 15.9 Å². The molecule has 0 spiro atoms. The topological polar surface area (TPSA) is 55.5 Å². The highest BCUT2D eigenvalue weighted by molar-refractivity contribution is 9.10. The fourth-order valence-corrected chi connectivity index (χ4v) is 1.23. The molecular formula is C9H12BrNO2. The van der Waals surface area contributed by atoms with Crippen molar-refractivity contribution in [2.75, 3.05) is 13.2 Å². The van der Waals surface area contributed by atoms with Gasteiger partial charge < -0.3 is 15.6 Å². The number of phenolic OH excluding ortho intramolecular Hbond substituents is 1. The second-order valence-corrected chi connectivity index (χ2v) is 3.46. The normalized spacial score (nSPS) is 10.0. The van der Waals surface area contributed by atoms with Gasteiger partial charge >= 0.3 is 0 Å². The van der Waals surface area contributed by atoms with Crippen LogP contribution in [0.25, 0.3) is 0 Å². The van der Waals surface area contributed by atoms with E-state index >= 15 is 0 Å². The molecule has 13 heavy (non-hydrogen) atoms. The van der Waals surface area contributed by atoms with Gasteiger partial charge in [-0.3, -0.25) is 0 Å². The van der Waals surface area contributed by atoms with Crippen LogP contribution in [0.4, 0.5) is 0 Å². The quantitative estimate of drug-likeness (QED) is 0.797. The van der Waals surface area contributed by atoms with Gasteiger partial charge in [0.15, 0.2) is 0 Å². The Morgan fingerprint density at radius 2 is 2.23 bits per heavy atom. The maximum absolute atomic E-state index is 9.17. The Morgan fingerprint density at radius 3 is 2.92 bits per heavy atom. The summed E-state index contributed by atoms with van der Waals surface area (Å²) in [7, 11) is 0. The summed E-state index contributed by atoms with van der Waals surface area (Å²) in [6.07, 6.45) is 0.808. The zero-order valence-corrected chi connectivity index (χ0v) is 8.75. The Labute approximate surface area is 85.6 Å². The van der Waals surface area contributed by atoms with Gasteiger partial charge in [0.2, 0.25) is 0 Å². The minimum absolute atomic E-state index is 0.200. The Bertz CT molecular complexity index is 278. The molecule has 0 bridgehead atoms. The van der Waals surface area contributed by atoms with Gasteiger partial charge in [-0.15, -0.1) is 0 Å². The molecule has 72 valence electrons. The minimum atomic E-state index is 0.200. The van der Waals surface area contributed by atoms with Crippen molar-refractivity contribution in [3.05, 3.63) is 22.7 Å². The van der Waals surface area contributed by atoms with Crippen molar-refractivity contribution in [1.82, 2.24) is 0 Å². The molecular weight excluding hydrogens is 234 g/mol. The van der Waals surface area contributed by atoms with E-state index < -0.39 is 0 Å². The van der Waals surface area contributed by atoms with Crippen LogP contribution in [0.5, 0.6) is 11.5 Å².